The van der Waals surface area contributed by atoms with Gasteiger partial charge in [0.05, 0.1) is 30.4 Å². The maximum absolute atomic E-state index is 13.8. The zero-order valence-electron chi connectivity index (χ0n) is 40.4. The van der Waals surface area contributed by atoms with Crippen LogP contribution in [0.4, 0.5) is 5.95 Å². The third-order valence-electron chi connectivity index (χ3n) is 11.5. The number of imidazole rings is 1. The number of nitrogens with zero attached hydrogens (tertiary/aromatic N) is 11. The zero-order chi connectivity index (χ0) is 51.1. The van der Waals surface area contributed by atoms with E-state index in [1.807, 2.05) is 30.6 Å². The Kier molecular flexibility index (Phi) is 15.4. The Labute approximate surface area is 406 Å². The van der Waals surface area contributed by atoms with E-state index in [1.54, 1.807) is 48.5 Å². The lowest BCUT2D eigenvalue weighted by atomic mass is 10.1. The molecule has 7 aromatic rings. The molecule has 0 unspecified atom stereocenters. The van der Waals surface area contributed by atoms with Crippen molar-refractivity contribution < 1.29 is 42.7 Å². The number of nitrogens with one attached hydrogen (secondary N) is 1. The average Bonchev–Trinajstić information content (AvgIpc) is 4.19. The number of fused-ring (bicyclic) bond motifs is 4. The monoisotopic (exact) mass is 970 g/mol. The highest BCUT2D eigenvalue weighted by Crippen LogP contribution is 2.36. The summed E-state index contributed by atoms with van der Waals surface area (Å²) in [6, 6.07) is 6.42. The van der Waals surface area contributed by atoms with Crippen LogP contribution in [0.15, 0.2) is 59.2 Å². The van der Waals surface area contributed by atoms with E-state index in [1.165, 1.54) is 43.3 Å². The van der Waals surface area contributed by atoms with Crippen molar-refractivity contribution in [2.75, 3.05) is 46.2 Å². The van der Waals surface area contributed by atoms with Crippen molar-refractivity contribution in [1.82, 2.24) is 53.6 Å². The number of anilines is 1. The van der Waals surface area contributed by atoms with Crippen LogP contribution in [-0.2, 0) is 40.4 Å². The van der Waals surface area contributed by atoms with E-state index in [0.717, 1.165) is 11.2 Å². The van der Waals surface area contributed by atoms with Gasteiger partial charge >= 0.3 is 0 Å². The molecule has 2 aromatic carbocycles. The fourth-order valence-corrected chi connectivity index (χ4v) is 8.16. The molecule has 8 rings (SSSR count). The fourth-order valence-electron chi connectivity index (χ4n) is 8.16. The third-order valence-corrected chi connectivity index (χ3v) is 11.5. The molecule has 0 aliphatic carbocycles. The molecule has 23 nitrogen and oxygen atoms in total. The summed E-state index contributed by atoms with van der Waals surface area (Å²) in [5.74, 6) is 0.0421. The quantitative estimate of drug-likeness (QED) is 0.0422. The standard InChI is InChI=1S/C47H49N13O9.CH5N/c1-7-32-41(69-27(4)51-32)46(66)54-47-52-33-22-29(42(48)65)23-35(68-19-11-15-56(5)36(62)14-18-57-37(63)12-13-38(57)64)40(33)59(47)17-10-9-16-58-39-30(20-28(25-61)21-34(39)67-6)31-24-49-43(53-44(31)58)45-50-26(3)55-60(45)8-2;1-2/h9-10,12-13,20-25H,7-8,11,14-19H2,1-6H3,(H2,48,65)(H,52,54,66);2H2,1H3/b10-9+;. The Morgan fingerprint density at radius 1 is 0.915 bits per heavy atom. The number of allylic oxidation sites excluding steroid dienone is 2. The van der Waals surface area contributed by atoms with Crippen molar-refractivity contribution >= 4 is 74.7 Å². The van der Waals surface area contributed by atoms with Crippen molar-refractivity contribution in [1.29, 1.82) is 0 Å². The van der Waals surface area contributed by atoms with Gasteiger partial charge in [0.25, 0.3) is 17.7 Å². The van der Waals surface area contributed by atoms with Crippen LogP contribution in [0, 0.1) is 13.8 Å². The van der Waals surface area contributed by atoms with Gasteiger partial charge in [0.1, 0.15) is 34.8 Å². The second-order valence-corrected chi connectivity index (χ2v) is 16.0. The van der Waals surface area contributed by atoms with E-state index in [-0.39, 0.29) is 68.1 Å². The normalized spacial score (nSPS) is 12.4. The highest BCUT2D eigenvalue weighted by Gasteiger charge is 2.26. The van der Waals surface area contributed by atoms with E-state index in [4.69, 9.17) is 29.6 Å². The molecule has 5 aromatic heterocycles. The number of hydrogen-bond donors (Lipinski definition) is 3. The molecule has 1 aliphatic rings. The summed E-state index contributed by atoms with van der Waals surface area (Å²) in [4.78, 5) is 101. The number of nitrogens with two attached hydrogens (primary N) is 2. The van der Waals surface area contributed by atoms with Gasteiger partial charge in [-0.1, -0.05) is 19.1 Å². The summed E-state index contributed by atoms with van der Waals surface area (Å²) in [5, 5.41) is 8.73. The number of carbonyl (C=O) groups is 6. The second-order valence-electron chi connectivity index (χ2n) is 16.0. The number of aryl methyl sites for hydroxylation is 4. The number of carbonyl (C=O) groups excluding carboxylic acids is 6. The maximum Gasteiger partial charge on any atom is 0.295 e. The molecule has 370 valence electrons. The second kappa shape index (κ2) is 21.8. The molecule has 0 saturated carbocycles. The minimum Gasteiger partial charge on any atom is -0.495 e. The molecule has 6 heterocycles. The van der Waals surface area contributed by atoms with E-state index in [9.17, 15) is 28.8 Å². The molecule has 0 fully saturated rings. The molecule has 0 radical (unpaired) electrons. The Morgan fingerprint density at radius 3 is 2.32 bits per heavy atom. The van der Waals surface area contributed by atoms with Crippen molar-refractivity contribution in [3.63, 3.8) is 0 Å². The SMILES string of the molecule is CCc1nc(C)oc1C(=O)Nc1nc2cc(C(N)=O)cc(OCCCN(C)C(=O)CCN3C(=O)C=CC3=O)c2n1C/C=C/Cn1c2nc(-c3nc(C)nn3CC)ncc2c2cc(C=O)cc(OC)c21.CN. The van der Waals surface area contributed by atoms with Gasteiger partial charge in [-0.05, 0) is 58.0 Å². The molecule has 0 saturated heterocycles. The number of amides is 5. The minimum absolute atomic E-state index is 0.0270. The predicted octanol–water partition coefficient (Wildman–Crippen LogP) is 3.93. The number of aldehydes is 1. The zero-order valence-corrected chi connectivity index (χ0v) is 40.4. The van der Waals surface area contributed by atoms with Crippen molar-refractivity contribution in [2.45, 2.75) is 66.6 Å². The van der Waals surface area contributed by atoms with Crippen LogP contribution in [0.5, 0.6) is 11.5 Å². The van der Waals surface area contributed by atoms with E-state index in [0.29, 0.717) is 92.7 Å². The Hall–Kier alpha value is -8.60. The van der Waals surface area contributed by atoms with Crippen LogP contribution in [0.1, 0.15) is 75.4 Å². The van der Waals surface area contributed by atoms with Gasteiger partial charge in [-0.2, -0.15) is 5.10 Å². The van der Waals surface area contributed by atoms with E-state index in [2.05, 4.69) is 31.1 Å². The Morgan fingerprint density at radius 2 is 1.65 bits per heavy atom. The van der Waals surface area contributed by atoms with E-state index >= 15 is 0 Å². The first kappa shape index (κ1) is 50.3. The molecule has 5 N–H and O–H groups in total. The first-order valence-electron chi connectivity index (χ1n) is 22.7. The lowest BCUT2D eigenvalue weighted by Gasteiger charge is -2.19. The molecule has 5 amide bonds. The molecule has 23 heteroatoms. The number of ether oxygens (including phenoxy) is 2. The lowest BCUT2D eigenvalue weighted by Crippen LogP contribution is -2.36. The molecular formula is C48H54N14O9. The van der Waals surface area contributed by atoms with Crippen LogP contribution in [-0.4, -0.2) is 130 Å². The molecule has 0 bridgehead atoms. The molecule has 1 aliphatic heterocycles. The largest absolute Gasteiger partial charge is 0.495 e. The van der Waals surface area contributed by atoms with Gasteiger partial charge in [-0.25, -0.2) is 29.6 Å². The summed E-state index contributed by atoms with van der Waals surface area (Å²) in [6.45, 7) is 8.48. The molecule has 71 heavy (non-hydrogen) atoms. The molecular weight excluding hydrogens is 917 g/mol. The van der Waals surface area contributed by atoms with Gasteiger partial charge in [0.2, 0.25) is 23.5 Å². The highest BCUT2D eigenvalue weighted by atomic mass is 16.5. The number of rotatable bonds is 20. The van der Waals surface area contributed by atoms with Crippen LogP contribution in [0.25, 0.3) is 44.6 Å². The molecule has 0 spiro atoms. The predicted molar refractivity (Wildman–Crippen MR) is 261 cm³/mol. The average molecular weight is 971 g/mol. The summed E-state index contributed by atoms with van der Waals surface area (Å²) in [7, 11) is 4.64. The van der Waals surface area contributed by atoms with Crippen LogP contribution in [0.3, 0.4) is 0 Å². The van der Waals surface area contributed by atoms with Gasteiger partial charge in [0.15, 0.2) is 17.5 Å². The van der Waals surface area contributed by atoms with Crippen LogP contribution in [0.2, 0.25) is 0 Å². The number of aromatic nitrogens is 9. The lowest BCUT2D eigenvalue weighted by molar-refractivity contribution is -0.138. The maximum atomic E-state index is 13.8. The molecule has 0 atom stereocenters. The first-order chi connectivity index (χ1) is 34.2. The van der Waals surface area contributed by atoms with Gasteiger partial charge in [-0.3, -0.25) is 39.0 Å². The number of benzene rings is 2. The topological polar surface area (TPSA) is 297 Å². The summed E-state index contributed by atoms with van der Waals surface area (Å²) >= 11 is 0. The smallest absolute Gasteiger partial charge is 0.295 e. The van der Waals surface area contributed by atoms with Crippen molar-refractivity contribution in [2.24, 2.45) is 11.5 Å². The van der Waals surface area contributed by atoms with Crippen LogP contribution < -0.4 is 26.3 Å². The number of imide groups is 1. The highest BCUT2D eigenvalue weighted by molar-refractivity contribution is 6.13. The third kappa shape index (κ3) is 10.4. The fraction of sp³-hybridized carbons (Fsp3) is 0.333. The van der Waals surface area contributed by atoms with Crippen molar-refractivity contribution in [3.05, 3.63) is 89.1 Å². The van der Waals surface area contributed by atoms with Gasteiger partial charge in [-0.15, -0.1) is 0 Å². The van der Waals surface area contributed by atoms with Gasteiger partial charge < -0.3 is 39.4 Å². The summed E-state index contributed by atoms with van der Waals surface area (Å²) in [6.07, 6.45) is 9.29. The van der Waals surface area contributed by atoms with E-state index < -0.39 is 23.6 Å². The Bertz CT molecular complexity index is 3250. The summed E-state index contributed by atoms with van der Waals surface area (Å²) < 4.78 is 23.2. The summed E-state index contributed by atoms with van der Waals surface area (Å²) in [5.41, 5.74) is 13.2. The van der Waals surface area contributed by atoms with Crippen molar-refractivity contribution in [3.8, 4) is 23.1 Å². The first-order valence-corrected chi connectivity index (χ1v) is 22.7. The Balaban J connectivity index is 0.00000366. The van der Waals surface area contributed by atoms with Crippen LogP contribution >= 0.6 is 0 Å². The minimum atomic E-state index is -0.735. The number of oxazole rings is 1. The number of methoxy groups -OCH3 is 1. The van der Waals surface area contributed by atoms with Gasteiger partial charge in [0, 0.05) is 93.4 Å². The number of primary amides is 1. The number of hydrogen-bond acceptors (Lipinski definition) is 16.